The molecule has 0 aliphatic carbocycles. The van der Waals surface area contributed by atoms with E-state index in [9.17, 15) is 14.4 Å². The van der Waals surface area contributed by atoms with Gasteiger partial charge in [0.2, 0.25) is 0 Å². The average Bonchev–Trinajstić information content (AvgIpc) is 2.60. The predicted molar refractivity (Wildman–Crippen MR) is 93.2 cm³/mol. The molecule has 2 aromatic rings. The molecule has 25 heavy (non-hydrogen) atoms. The Morgan fingerprint density at radius 3 is 2.48 bits per heavy atom. The van der Waals surface area contributed by atoms with E-state index in [2.05, 4.69) is 5.32 Å². The van der Waals surface area contributed by atoms with Gasteiger partial charge in [0.25, 0.3) is 5.91 Å². The van der Waals surface area contributed by atoms with Crippen LogP contribution in [-0.4, -0.2) is 20.1 Å². The van der Waals surface area contributed by atoms with Gasteiger partial charge in [0.05, 0.1) is 19.2 Å². The minimum atomic E-state index is -0.625. The van der Waals surface area contributed by atoms with Gasteiger partial charge in [0.15, 0.2) is 11.5 Å². The second-order valence-corrected chi connectivity index (χ2v) is 5.28. The minimum absolute atomic E-state index is 0.146. The topological polar surface area (TPSA) is 71.3 Å². The monoisotopic (exact) mass is 360 g/mol. The van der Waals surface area contributed by atoms with Gasteiger partial charge in [-0.05, 0) is 48.0 Å². The molecule has 5 nitrogen and oxygen atoms in total. The number of nitriles is 1. The number of hydrogen-bond acceptors (Lipinski definition) is 4. The van der Waals surface area contributed by atoms with Crippen molar-refractivity contribution in [3.05, 3.63) is 58.4 Å². The molecule has 0 heterocycles. The summed E-state index contributed by atoms with van der Waals surface area (Å²) in [5, 5.41) is 12.1. The number of anilines is 1. The van der Waals surface area contributed by atoms with E-state index in [1.165, 1.54) is 44.6 Å². The molecule has 0 unspecified atom stereocenters. The summed E-state index contributed by atoms with van der Waals surface area (Å²) in [6.45, 7) is 0. The summed E-state index contributed by atoms with van der Waals surface area (Å²) < 4.78 is 23.2. The lowest BCUT2D eigenvalue weighted by Gasteiger charge is -2.10. The molecule has 0 aliphatic heterocycles. The lowest BCUT2D eigenvalue weighted by Crippen LogP contribution is -2.13. The Bertz CT molecular complexity index is 858. The number of halogens is 2. The van der Waals surface area contributed by atoms with E-state index in [0.717, 1.165) is 0 Å². The van der Waals surface area contributed by atoms with Crippen molar-refractivity contribution in [2.45, 2.75) is 0 Å². The number of carbonyl (C=O) groups excluding carboxylic acids is 1. The number of hydrogen-bond donors (Lipinski definition) is 1. The summed E-state index contributed by atoms with van der Waals surface area (Å²) in [7, 11) is 2.91. The van der Waals surface area contributed by atoms with Crippen LogP contribution in [0, 0.1) is 17.1 Å². The van der Waals surface area contributed by atoms with Gasteiger partial charge in [0.1, 0.15) is 17.5 Å². The van der Waals surface area contributed by atoms with E-state index in [4.69, 9.17) is 21.1 Å². The highest BCUT2D eigenvalue weighted by Gasteiger charge is 2.13. The maximum atomic E-state index is 12.9. The zero-order valence-corrected chi connectivity index (χ0v) is 14.2. The van der Waals surface area contributed by atoms with Crippen LogP contribution in [0.5, 0.6) is 11.5 Å². The first-order chi connectivity index (χ1) is 12.0. The molecule has 0 bridgehead atoms. The molecule has 7 heteroatoms. The SMILES string of the molecule is COc1cc(C=C(C#N)C(=O)Nc2ccc(F)cc2)cc(Cl)c1OC. The van der Waals surface area contributed by atoms with Crippen LogP contribution in [-0.2, 0) is 4.79 Å². The first-order valence-electron chi connectivity index (χ1n) is 7.08. The van der Waals surface area contributed by atoms with Crippen molar-refractivity contribution >= 4 is 29.3 Å². The molecule has 128 valence electrons. The second kappa shape index (κ2) is 8.18. The highest BCUT2D eigenvalue weighted by atomic mass is 35.5. The van der Waals surface area contributed by atoms with E-state index in [1.807, 2.05) is 6.07 Å². The van der Waals surface area contributed by atoms with Gasteiger partial charge < -0.3 is 14.8 Å². The predicted octanol–water partition coefficient (Wildman–Crippen LogP) is 4.04. The number of carbonyl (C=O) groups is 1. The number of rotatable bonds is 5. The normalized spacial score (nSPS) is 10.8. The van der Waals surface area contributed by atoms with Crippen LogP contribution in [0.1, 0.15) is 5.56 Å². The Kier molecular flexibility index (Phi) is 5.98. The highest BCUT2D eigenvalue weighted by Crippen LogP contribution is 2.36. The Morgan fingerprint density at radius 1 is 1.24 bits per heavy atom. The molecule has 0 aromatic heterocycles. The minimum Gasteiger partial charge on any atom is -0.493 e. The van der Waals surface area contributed by atoms with Crippen molar-refractivity contribution in [1.29, 1.82) is 5.26 Å². The summed E-state index contributed by atoms with van der Waals surface area (Å²) in [4.78, 5) is 12.2. The van der Waals surface area contributed by atoms with Gasteiger partial charge >= 0.3 is 0 Å². The Balaban J connectivity index is 2.30. The maximum absolute atomic E-state index is 12.9. The third-order valence-electron chi connectivity index (χ3n) is 3.23. The van der Waals surface area contributed by atoms with Crippen LogP contribution in [0.2, 0.25) is 5.02 Å². The van der Waals surface area contributed by atoms with Gasteiger partial charge in [-0.25, -0.2) is 4.39 Å². The van der Waals surface area contributed by atoms with E-state index >= 15 is 0 Å². The number of amides is 1. The van der Waals surface area contributed by atoms with Crippen molar-refractivity contribution < 1.29 is 18.7 Å². The van der Waals surface area contributed by atoms with Crippen molar-refractivity contribution in [3.8, 4) is 17.6 Å². The molecule has 2 aromatic carbocycles. The van der Waals surface area contributed by atoms with Gasteiger partial charge in [-0.15, -0.1) is 0 Å². The molecular formula is C18H14ClFN2O3. The molecule has 0 spiro atoms. The first kappa shape index (κ1) is 18.3. The van der Waals surface area contributed by atoms with Crippen molar-refractivity contribution in [1.82, 2.24) is 0 Å². The molecule has 0 atom stereocenters. The largest absolute Gasteiger partial charge is 0.493 e. The summed E-state index contributed by atoms with van der Waals surface area (Å²) >= 11 is 6.11. The molecule has 0 saturated heterocycles. The number of benzene rings is 2. The zero-order chi connectivity index (χ0) is 18.4. The third kappa shape index (κ3) is 4.49. The van der Waals surface area contributed by atoms with Crippen LogP contribution in [0.25, 0.3) is 6.08 Å². The van der Waals surface area contributed by atoms with Crippen LogP contribution < -0.4 is 14.8 Å². The highest BCUT2D eigenvalue weighted by molar-refractivity contribution is 6.32. The molecule has 0 aliphatic rings. The van der Waals surface area contributed by atoms with Crippen LogP contribution in [0.3, 0.4) is 0 Å². The van der Waals surface area contributed by atoms with Crippen LogP contribution in [0.15, 0.2) is 42.0 Å². The fraction of sp³-hybridized carbons (Fsp3) is 0.111. The van der Waals surface area contributed by atoms with E-state index in [1.54, 1.807) is 12.1 Å². The molecule has 0 fully saturated rings. The van der Waals surface area contributed by atoms with Gasteiger partial charge in [0, 0.05) is 5.69 Å². The molecular weight excluding hydrogens is 347 g/mol. The zero-order valence-electron chi connectivity index (χ0n) is 13.5. The van der Waals surface area contributed by atoms with Crippen molar-refractivity contribution in [2.75, 3.05) is 19.5 Å². The molecule has 1 N–H and O–H groups in total. The Hall–Kier alpha value is -3.04. The number of nitrogens with zero attached hydrogens (tertiary/aromatic N) is 1. The fourth-order valence-corrected chi connectivity index (χ4v) is 2.36. The van der Waals surface area contributed by atoms with E-state index in [-0.39, 0.29) is 10.6 Å². The third-order valence-corrected chi connectivity index (χ3v) is 3.51. The summed E-state index contributed by atoms with van der Waals surface area (Å²) in [6.07, 6.45) is 1.37. The molecule has 2 rings (SSSR count). The molecule has 0 radical (unpaired) electrons. The lowest BCUT2D eigenvalue weighted by molar-refractivity contribution is -0.112. The van der Waals surface area contributed by atoms with Crippen LogP contribution >= 0.6 is 11.6 Å². The Labute approximate surface area is 149 Å². The number of nitrogens with one attached hydrogen (secondary N) is 1. The van der Waals surface area contributed by atoms with Gasteiger partial charge in [-0.1, -0.05) is 11.6 Å². The Morgan fingerprint density at radius 2 is 1.92 bits per heavy atom. The smallest absolute Gasteiger partial charge is 0.266 e. The second-order valence-electron chi connectivity index (χ2n) is 4.87. The summed E-state index contributed by atoms with van der Waals surface area (Å²) in [6, 6.07) is 10.2. The summed E-state index contributed by atoms with van der Waals surface area (Å²) in [5.74, 6) is -0.317. The quantitative estimate of drug-likeness (QED) is 0.645. The van der Waals surface area contributed by atoms with Gasteiger partial charge in [-0.2, -0.15) is 5.26 Å². The number of ether oxygens (including phenoxy) is 2. The maximum Gasteiger partial charge on any atom is 0.266 e. The lowest BCUT2D eigenvalue weighted by atomic mass is 10.1. The standard InChI is InChI=1S/C18H14ClFN2O3/c1-24-16-9-11(8-15(19)17(16)25-2)7-12(10-21)18(23)22-14-5-3-13(20)4-6-14/h3-9H,1-2H3,(H,22,23). The van der Waals surface area contributed by atoms with Crippen LogP contribution in [0.4, 0.5) is 10.1 Å². The van der Waals surface area contributed by atoms with Crippen molar-refractivity contribution in [3.63, 3.8) is 0 Å². The van der Waals surface area contributed by atoms with E-state index in [0.29, 0.717) is 22.7 Å². The number of methoxy groups -OCH3 is 2. The molecule has 0 saturated carbocycles. The van der Waals surface area contributed by atoms with Gasteiger partial charge in [-0.3, -0.25) is 4.79 Å². The average molecular weight is 361 g/mol. The fourth-order valence-electron chi connectivity index (χ4n) is 2.07. The van der Waals surface area contributed by atoms with E-state index < -0.39 is 11.7 Å². The molecule has 1 amide bonds. The summed E-state index contributed by atoms with van der Waals surface area (Å²) in [5.41, 5.74) is 0.721. The van der Waals surface area contributed by atoms with Crippen molar-refractivity contribution in [2.24, 2.45) is 0 Å². The first-order valence-corrected chi connectivity index (χ1v) is 7.46.